The summed E-state index contributed by atoms with van der Waals surface area (Å²) in [5.74, 6) is 0.146. The molecule has 2 N–H and O–H groups in total. The summed E-state index contributed by atoms with van der Waals surface area (Å²) in [4.78, 5) is 0. The van der Waals surface area contributed by atoms with Crippen LogP contribution in [0.2, 0.25) is 0 Å². The van der Waals surface area contributed by atoms with Crippen LogP contribution in [0.3, 0.4) is 0 Å². The average Bonchev–Trinajstić information content (AvgIpc) is 3.13. The first kappa shape index (κ1) is 14.8. The Morgan fingerprint density at radius 2 is 2.11 bits per heavy atom. The van der Waals surface area contributed by atoms with Crippen molar-refractivity contribution in [1.29, 1.82) is 0 Å². The van der Waals surface area contributed by atoms with Gasteiger partial charge in [0.2, 0.25) is 10.0 Å². The molecule has 106 valence electrons. The highest BCUT2D eigenvalue weighted by Crippen LogP contribution is 2.24. The minimum atomic E-state index is -3.27. The molecule has 19 heavy (non-hydrogen) atoms. The van der Waals surface area contributed by atoms with Crippen molar-refractivity contribution in [2.24, 2.45) is 0 Å². The Morgan fingerprint density at radius 1 is 1.37 bits per heavy atom. The van der Waals surface area contributed by atoms with Gasteiger partial charge in [-0.2, -0.15) is 0 Å². The Kier molecular flexibility index (Phi) is 4.86. The average molecular weight is 347 g/mol. The van der Waals surface area contributed by atoms with E-state index in [-0.39, 0.29) is 5.75 Å². The molecular formula is C13H19BrN2O2S. The van der Waals surface area contributed by atoms with Gasteiger partial charge in [0.25, 0.3) is 0 Å². The zero-order chi connectivity index (χ0) is 13.9. The molecule has 0 heterocycles. The van der Waals surface area contributed by atoms with Crippen LogP contribution in [0.5, 0.6) is 0 Å². The van der Waals surface area contributed by atoms with E-state index < -0.39 is 10.0 Å². The maximum Gasteiger partial charge on any atom is 0.232 e. The molecule has 1 fully saturated rings. The molecule has 0 amide bonds. The second-order valence-corrected chi connectivity index (χ2v) is 7.68. The van der Waals surface area contributed by atoms with Gasteiger partial charge in [0.1, 0.15) is 0 Å². The van der Waals surface area contributed by atoms with Crippen molar-refractivity contribution in [3.8, 4) is 0 Å². The summed E-state index contributed by atoms with van der Waals surface area (Å²) in [6.45, 7) is 2.70. The first-order chi connectivity index (χ1) is 8.96. The third-order valence-electron chi connectivity index (χ3n) is 2.99. The molecule has 0 saturated heterocycles. The summed E-state index contributed by atoms with van der Waals surface area (Å²) in [6.07, 6.45) is 3.08. The van der Waals surface area contributed by atoms with Crippen LogP contribution in [-0.2, 0) is 10.0 Å². The van der Waals surface area contributed by atoms with Gasteiger partial charge in [-0.15, -0.1) is 0 Å². The lowest BCUT2D eigenvalue weighted by molar-refractivity contribution is 0.593. The second-order valence-electron chi connectivity index (χ2n) is 4.99. The molecule has 4 nitrogen and oxygen atoms in total. The van der Waals surface area contributed by atoms with E-state index in [4.69, 9.17) is 0 Å². The van der Waals surface area contributed by atoms with Crippen molar-refractivity contribution >= 4 is 31.6 Å². The topological polar surface area (TPSA) is 58.2 Å². The second kappa shape index (κ2) is 6.24. The maximum atomic E-state index is 12.0. The number of hydrogen-bond acceptors (Lipinski definition) is 3. The molecule has 0 unspecified atom stereocenters. The van der Waals surface area contributed by atoms with Crippen LogP contribution < -0.4 is 10.0 Å². The molecular weight excluding hydrogens is 328 g/mol. The number of aryl methyl sites for hydroxylation is 1. The lowest BCUT2D eigenvalue weighted by Crippen LogP contribution is -2.23. The van der Waals surface area contributed by atoms with Gasteiger partial charge >= 0.3 is 0 Å². The molecule has 1 aromatic rings. The molecule has 1 aliphatic carbocycles. The monoisotopic (exact) mass is 346 g/mol. The third kappa shape index (κ3) is 5.12. The van der Waals surface area contributed by atoms with Gasteiger partial charge in [0.05, 0.1) is 11.4 Å². The molecule has 1 saturated carbocycles. The van der Waals surface area contributed by atoms with E-state index in [0.29, 0.717) is 18.2 Å². The first-order valence-electron chi connectivity index (χ1n) is 6.46. The number of nitrogens with one attached hydrogen (secondary N) is 2. The molecule has 6 heteroatoms. The highest BCUT2D eigenvalue weighted by Gasteiger charge is 2.20. The van der Waals surface area contributed by atoms with E-state index in [9.17, 15) is 8.42 Å². The van der Waals surface area contributed by atoms with Gasteiger partial charge < -0.3 is 5.32 Å². The van der Waals surface area contributed by atoms with Crippen molar-refractivity contribution in [3.63, 3.8) is 0 Å². The molecule has 1 aliphatic rings. The van der Waals surface area contributed by atoms with Crippen LogP contribution in [0.15, 0.2) is 22.7 Å². The third-order valence-corrected chi connectivity index (χ3v) is 5.04. The first-order valence-corrected chi connectivity index (χ1v) is 8.91. The van der Waals surface area contributed by atoms with Gasteiger partial charge in [-0.1, -0.05) is 6.07 Å². The number of halogens is 1. The van der Waals surface area contributed by atoms with E-state index >= 15 is 0 Å². The minimum Gasteiger partial charge on any atom is -0.314 e. The fourth-order valence-corrected chi connectivity index (χ4v) is 3.40. The Balaban J connectivity index is 1.86. The quantitative estimate of drug-likeness (QED) is 0.746. The molecule has 0 bridgehead atoms. The van der Waals surface area contributed by atoms with Gasteiger partial charge in [-0.25, -0.2) is 8.42 Å². The highest BCUT2D eigenvalue weighted by molar-refractivity contribution is 9.10. The van der Waals surface area contributed by atoms with Gasteiger partial charge in [0.15, 0.2) is 0 Å². The summed E-state index contributed by atoms with van der Waals surface area (Å²) in [5, 5.41) is 3.31. The van der Waals surface area contributed by atoms with Crippen LogP contribution in [0.25, 0.3) is 0 Å². The maximum absolute atomic E-state index is 12.0. The number of anilines is 1. The van der Waals surface area contributed by atoms with E-state index in [1.165, 1.54) is 12.8 Å². The van der Waals surface area contributed by atoms with E-state index in [1.54, 1.807) is 0 Å². The van der Waals surface area contributed by atoms with E-state index in [0.717, 1.165) is 16.6 Å². The molecule has 0 spiro atoms. The van der Waals surface area contributed by atoms with Crippen LogP contribution >= 0.6 is 15.9 Å². The minimum absolute atomic E-state index is 0.146. The predicted octanol–water partition coefficient (Wildman–Crippen LogP) is 2.64. The van der Waals surface area contributed by atoms with Crippen LogP contribution in [0, 0.1) is 6.92 Å². The Labute approximate surface area is 123 Å². The van der Waals surface area contributed by atoms with Crippen molar-refractivity contribution in [1.82, 2.24) is 5.32 Å². The van der Waals surface area contributed by atoms with Crippen LogP contribution in [0.1, 0.15) is 24.8 Å². The predicted molar refractivity (Wildman–Crippen MR) is 81.9 cm³/mol. The van der Waals surface area contributed by atoms with Crippen LogP contribution in [0.4, 0.5) is 5.69 Å². The number of benzene rings is 1. The smallest absolute Gasteiger partial charge is 0.232 e. The zero-order valence-corrected chi connectivity index (χ0v) is 13.4. The molecule has 2 rings (SSSR count). The lowest BCUT2D eigenvalue weighted by Gasteiger charge is -2.10. The largest absolute Gasteiger partial charge is 0.314 e. The van der Waals surface area contributed by atoms with E-state index in [1.807, 2.05) is 25.1 Å². The summed E-state index contributed by atoms with van der Waals surface area (Å²) < 4.78 is 27.3. The molecule has 1 aromatic carbocycles. The Hall–Kier alpha value is -0.590. The van der Waals surface area contributed by atoms with E-state index in [2.05, 4.69) is 26.0 Å². The summed E-state index contributed by atoms with van der Waals surface area (Å²) in [5.41, 5.74) is 1.63. The lowest BCUT2D eigenvalue weighted by atomic mass is 10.2. The number of hydrogen-bond donors (Lipinski definition) is 2. The summed E-state index contributed by atoms with van der Waals surface area (Å²) in [7, 11) is -3.27. The van der Waals surface area contributed by atoms with Gasteiger partial charge in [0, 0.05) is 10.5 Å². The zero-order valence-electron chi connectivity index (χ0n) is 10.9. The van der Waals surface area contributed by atoms with Crippen LogP contribution in [-0.4, -0.2) is 26.8 Å². The normalized spacial score (nSPS) is 15.5. The number of sulfonamides is 1. The fraction of sp³-hybridized carbons (Fsp3) is 0.538. The highest BCUT2D eigenvalue weighted by atomic mass is 79.9. The summed E-state index contributed by atoms with van der Waals surface area (Å²) in [6, 6.07) is 6.23. The van der Waals surface area contributed by atoms with Crippen molar-refractivity contribution in [2.45, 2.75) is 32.2 Å². The molecule has 0 atom stereocenters. The molecule has 0 aliphatic heterocycles. The molecule has 0 radical (unpaired) electrons. The Morgan fingerprint density at radius 3 is 2.79 bits per heavy atom. The molecule has 0 aromatic heterocycles. The number of rotatable bonds is 7. The van der Waals surface area contributed by atoms with Crippen molar-refractivity contribution < 1.29 is 8.42 Å². The standard InChI is InChI=1S/C13H19BrN2O2S/c1-10-3-6-12(14)13(9-10)16-19(17,18)8-2-7-15-11-4-5-11/h3,6,9,11,15-16H,2,4-5,7-8H2,1H3. The van der Waals surface area contributed by atoms with Crippen molar-refractivity contribution in [3.05, 3.63) is 28.2 Å². The SMILES string of the molecule is Cc1ccc(Br)c(NS(=O)(=O)CCCNC2CC2)c1. The summed E-state index contributed by atoms with van der Waals surface area (Å²) >= 11 is 3.35. The fourth-order valence-electron chi connectivity index (χ4n) is 1.79. The van der Waals surface area contributed by atoms with Crippen molar-refractivity contribution in [2.75, 3.05) is 17.0 Å². The Bertz CT molecular complexity index is 542. The van der Waals surface area contributed by atoms with Gasteiger partial charge in [-0.05, 0) is 66.4 Å². The van der Waals surface area contributed by atoms with Gasteiger partial charge in [-0.3, -0.25) is 4.72 Å².